The molecule has 0 fully saturated rings. The molecule has 0 aliphatic rings. The third-order valence-corrected chi connectivity index (χ3v) is 2.95. The highest BCUT2D eigenvalue weighted by molar-refractivity contribution is 5.87. The van der Waals surface area contributed by atoms with Crippen LogP contribution in [-0.4, -0.2) is 45.1 Å². The van der Waals surface area contributed by atoms with Gasteiger partial charge in [0.05, 0.1) is 5.69 Å². The first-order valence-corrected chi connectivity index (χ1v) is 6.68. The minimum absolute atomic E-state index is 0.149. The summed E-state index contributed by atoms with van der Waals surface area (Å²) in [5.41, 5.74) is 5.69. The second-order valence-corrected chi connectivity index (χ2v) is 4.49. The number of hydrogen-bond donors (Lipinski definition) is 3. The smallest absolute Gasteiger partial charge is 0.358 e. The van der Waals surface area contributed by atoms with E-state index in [0.29, 0.717) is 18.7 Å². The van der Waals surface area contributed by atoms with Crippen LogP contribution in [-0.2, 0) is 11.2 Å². The lowest BCUT2D eigenvalue weighted by Gasteiger charge is -2.14. The van der Waals surface area contributed by atoms with Crippen molar-refractivity contribution in [3.8, 4) is 0 Å². The summed E-state index contributed by atoms with van der Waals surface area (Å²) in [5.74, 6) is -1.38. The fraction of sp³-hybridized carbons (Fsp3) is 0.667. The van der Waals surface area contributed by atoms with Gasteiger partial charge in [-0.25, -0.2) is 9.48 Å². The summed E-state index contributed by atoms with van der Waals surface area (Å²) in [6, 6.07) is -0.617. The van der Waals surface area contributed by atoms with Gasteiger partial charge in [-0.3, -0.25) is 4.79 Å². The number of aromatic carboxylic acids is 1. The number of nitrogens with zero attached hydrogens (tertiary/aromatic N) is 3. The van der Waals surface area contributed by atoms with Gasteiger partial charge in [0.25, 0.3) is 0 Å². The maximum atomic E-state index is 12.0. The predicted molar refractivity (Wildman–Crippen MR) is 72.4 cm³/mol. The number of amides is 1. The summed E-state index contributed by atoms with van der Waals surface area (Å²) in [6.07, 6.45) is 2.19. The van der Waals surface area contributed by atoms with Gasteiger partial charge in [-0.15, -0.1) is 5.10 Å². The SMILES string of the molecule is CCCCNC(=O)C(C)n1nnc(C(=O)O)c1CCN. The van der Waals surface area contributed by atoms with Crippen LogP contribution in [0.1, 0.15) is 48.9 Å². The van der Waals surface area contributed by atoms with Crippen molar-refractivity contribution < 1.29 is 14.7 Å². The highest BCUT2D eigenvalue weighted by atomic mass is 16.4. The number of rotatable bonds is 8. The average Bonchev–Trinajstić information content (AvgIpc) is 2.82. The van der Waals surface area contributed by atoms with Crippen molar-refractivity contribution in [2.75, 3.05) is 13.1 Å². The van der Waals surface area contributed by atoms with E-state index >= 15 is 0 Å². The molecule has 1 heterocycles. The van der Waals surface area contributed by atoms with Crippen molar-refractivity contribution in [1.29, 1.82) is 0 Å². The zero-order valence-electron chi connectivity index (χ0n) is 11.8. The lowest BCUT2D eigenvalue weighted by Crippen LogP contribution is -2.33. The zero-order valence-corrected chi connectivity index (χ0v) is 11.8. The van der Waals surface area contributed by atoms with Gasteiger partial charge in [0.1, 0.15) is 6.04 Å². The molecule has 0 spiro atoms. The van der Waals surface area contributed by atoms with Crippen LogP contribution >= 0.6 is 0 Å². The van der Waals surface area contributed by atoms with E-state index < -0.39 is 12.0 Å². The van der Waals surface area contributed by atoms with E-state index in [1.54, 1.807) is 6.92 Å². The Bertz CT molecular complexity index is 472. The van der Waals surface area contributed by atoms with Crippen LogP contribution in [0.5, 0.6) is 0 Å². The molecule has 20 heavy (non-hydrogen) atoms. The molecular weight excluding hydrogens is 262 g/mol. The number of carboxylic acid groups (broad SMARTS) is 1. The minimum Gasteiger partial charge on any atom is -0.476 e. The summed E-state index contributed by atoms with van der Waals surface area (Å²) < 4.78 is 1.33. The fourth-order valence-electron chi connectivity index (χ4n) is 1.81. The van der Waals surface area contributed by atoms with Crippen molar-refractivity contribution >= 4 is 11.9 Å². The van der Waals surface area contributed by atoms with Crippen LogP contribution in [0.3, 0.4) is 0 Å². The normalized spacial score (nSPS) is 12.2. The molecule has 1 rings (SSSR count). The van der Waals surface area contributed by atoms with Gasteiger partial charge in [-0.2, -0.15) is 0 Å². The van der Waals surface area contributed by atoms with Crippen molar-refractivity contribution in [3.63, 3.8) is 0 Å². The summed E-state index contributed by atoms with van der Waals surface area (Å²) in [5, 5.41) is 19.2. The molecule has 1 unspecified atom stereocenters. The molecule has 8 nitrogen and oxygen atoms in total. The molecule has 8 heteroatoms. The number of carboxylic acids is 1. The first kappa shape index (κ1) is 16.1. The standard InChI is InChI=1S/C12H21N5O3/c1-3-4-7-14-11(18)8(2)17-9(5-6-13)10(12(19)20)15-16-17/h8H,3-7,13H2,1-2H3,(H,14,18)(H,19,20). The summed E-state index contributed by atoms with van der Waals surface area (Å²) >= 11 is 0. The molecule has 0 aliphatic carbocycles. The Kier molecular flexibility index (Phi) is 6.10. The molecule has 0 saturated heterocycles. The third kappa shape index (κ3) is 3.77. The van der Waals surface area contributed by atoms with Crippen LogP contribution in [0, 0.1) is 0 Å². The summed E-state index contributed by atoms with van der Waals surface area (Å²) in [7, 11) is 0. The molecule has 0 bridgehead atoms. The van der Waals surface area contributed by atoms with E-state index in [1.807, 2.05) is 6.92 Å². The molecule has 0 aliphatic heterocycles. The van der Waals surface area contributed by atoms with E-state index in [2.05, 4.69) is 15.6 Å². The van der Waals surface area contributed by atoms with Crippen molar-refractivity contribution in [2.45, 2.75) is 39.2 Å². The number of carbonyl (C=O) groups excluding carboxylic acids is 1. The number of aromatic nitrogens is 3. The number of unbranched alkanes of at least 4 members (excludes halogenated alkanes) is 1. The molecular formula is C12H21N5O3. The highest BCUT2D eigenvalue weighted by Crippen LogP contribution is 2.13. The Morgan fingerprint density at radius 2 is 2.20 bits per heavy atom. The molecule has 1 aromatic heterocycles. The van der Waals surface area contributed by atoms with Crippen molar-refractivity contribution in [1.82, 2.24) is 20.3 Å². The molecule has 112 valence electrons. The predicted octanol–water partition coefficient (Wildman–Crippen LogP) is -0.0452. The number of carbonyl (C=O) groups is 2. The third-order valence-electron chi connectivity index (χ3n) is 2.95. The second kappa shape index (κ2) is 7.59. The minimum atomic E-state index is -1.17. The van der Waals surface area contributed by atoms with Crippen LogP contribution < -0.4 is 11.1 Å². The Morgan fingerprint density at radius 3 is 2.75 bits per heavy atom. The van der Waals surface area contributed by atoms with Crippen molar-refractivity contribution in [3.05, 3.63) is 11.4 Å². The lowest BCUT2D eigenvalue weighted by atomic mass is 10.2. The molecule has 4 N–H and O–H groups in total. The average molecular weight is 283 g/mol. The fourth-order valence-corrected chi connectivity index (χ4v) is 1.81. The van der Waals surface area contributed by atoms with E-state index in [-0.39, 0.29) is 18.1 Å². The molecule has 0 saturated carbocycles. The van der Waals surface area contributed by atoms with Gasteiger partial charge < -0.3 is 16.2 Å². The van der Waals surface area contributed by atoms with Crippen LogP contribution in [0.2, 0.25) is 0 Å². The largest absolute Gasteiger partial charge is 0.476 e. The second-order valence-electron chi connectivity index (χ2n) is 4.49. The molecule has 1 atom stereocenters. The van der Waals surface area contributed by atoms with Gasteiger partial charge in [-0.05, 0) is 19.9 Å². The van der Waals surface area contributed by atoms with Gasteiger partial charge >= 0.3 is 5.97 Å². The lowest BCUT2D eigenvalue weighted by molar-refractivity contribution is -0.124. The first-order valence-electron chi connectivity index (χ1n) is 6.68. The van der Waals surface area contributed by atoms with Gasteiger partial charge in [0, 0.05) is 13.0 Å². The van der Waals surface area contributed by atoms with E-state index in [4.69, 9.17) is 10.8 Å². The van der Waals surface area contributed by atoms with Gasteiger partial charge in [0.15, 0.2) is 5.69 Å². The first-order chi connectivity index (χ1) is 9.52. The Labute approximate surface area is 117 Å². The Hall–Kier alpha value is -1.96. The highest BCUT2D eigenvalue weighted by Gasteiger charge is 2.24. The van der Waals surface area contributed by atoms with Crippen molar-refractivity contribution in [2.24, 2.45) is 5.73 Å². The van der Waals surface area contributed by atoms with Crippen LogP contribution in [0.4, 0.5) is 0 Å². The molecule has 1 aromatic rings. The topological polar surface area (TPSA) is 123 Å². The van der Waals surface area contributed by atoms with E-state index in [0.717, 1.165) is 12.8 Å². The number of nitrogens with one attached hydrogen (secondary N) is 1. The Morgan fingerprint density at radius 1 is 1.50 bits per heavy atom. The number of nitrogens with two attached hydrogens (primary N) is 1. The van der Waals surface area contributed by atoms with Crippen LogP contribution in [0.15, 0.2) is 0 Å². The molecule has 1 amide bonds. The maximum absolute atomic E-state index is 12.0. The maximum Gasteiger partial charge on any atom is 0.358 e. The zero-order chi connectivity index (χ0) is 15.1. The quantitative estimate of drug-likeness (QED) is 0.575. The van der Waals surface area contributed by atoms with Gasteiger partial charge in [0.2, 0.25) is 5.91 Å². The van der Waals surface area contributed by atoms with Gasteiger partial charge in [-0.1, -0.05) is 18.6 Å². The van der Waals surface area contributed by atoms with Crippen LogP contribution in [0.25, 0.3) is 0 Å². The summed E-state index contributed by atoms with van der Waals surface area (Å²) in [4.78, 5) is 23.0. The Balaban J connectivity index is 2.88. The van der Waals surface area contributed by atoms with E-state index in [9.17, 15) is 9.59 Å². The number of hydrogen-bond acceptors (Lipinski definition) is 5. The molecule has 0 radical (unpaired) electrons. The monoisotopic (exact) mass is 283 g/mol. The molecule has 0 aromatic carbocycles. The summed E-state index contributed by atoms with van der Waals surface area (Å²) in [6.45, 7) is 4.54. The van der Waals surface area contributed by atoms with E-state index in [1.165, 1.54) is 4.68 Å².